The molecular formula is C8H15NO2. The molecule has 3 heteroatoms. The number of ether oxygens (including phenoxy) is 1. The summed E-state index contributed by atoms with van der Waals surface area (Å²) in [4.78, 5) is 12.8. The van der Waals surface area contributed by atoms with Gasteiger partial charge in [0.2, 0.25) is 0 Å². The van der Waals surface area contributed by atoms with Crippen molar-refractivity contribution in [3.8, 4) is 0 Å². The van der Waals surface area contributed by atoms with Crippen molar-refractivity contribution >= 4 is 6.09 Å². The summed E-state index contributed by atoms with van der Waals surface area (Å²) < 4.78 is 4.82. The third-order valence-electron chi connectivity index (χ3n) is 2.25. The van der Waals surface area contributed by atoms with Gasteiger partial charge < -0.3 is 9.64 Å². The maximum Gasteiger partial charge on any atom is 0.410 e. The van der Waals surface area contributed by atoms with Gasteiger partial charge in [-0.25, -0.2) is 4.79 Å². The van der Waals surface area contributed by atoms with E-state index >= 15 is 0 Å². The number of hydrogen-bond donors (Lipinski definition) is 0. The second-order valence-corrected chi connectivity index (χ2v) is 3.29. The standard InChI is InChI=1S/C8H15NO2/c1-6(2)7(3)9-4-5-11-8(9)10/h6-7H,4-5H2,1-3H3. The van der Waals surface area contributed by atoms with Crippen LogP contribution in [0.4, 0.5) is 4.79 Å². The molecule has 0 saturated carbocycles. The zero-order valence-electron chi connectivity index (χ0n) is 7.33. The Morgan fingerprint density at radius 3 is 2.45 bits per heavy atom. The van der Waals surface area contributed by atoms with Crippen LogP contribution in [-0.2, 0) is 4.74 Å². The highest BCUT2D eigenvalue weighted by molar-refractivity contribution is 5.69. The van der Waals surface area contributed by atoms with Crippen molar-refractivity contribution in [3.05, 3.63) is 0 Å². The Hall–Kier alpha value is -0.730. The van der Waals surface area contributed by atoms with Crippen LogP contribution in [0.3, 0.4) is 0 Å². The SMILES string of the molecule is CC(C)C(C)N1CCOC1=O. The number of carbonyl (C=O) groups is 1. The van der Waals surface area contributed by atoms with Crippen LogP contribution in [0.5, 0.6) is 0 Å². The maximum atomic E-state index is 11.0. The van der Waals surface area contributed by atoms with Crippen molar-refractivity contribution < 1.29 is 9.53 Å². The molecule has 0 aromatic carbocycles. The van der Waals surface area contributed by atoms with Crippen molar-refractivity contribution in [3.63, 3.8) is 0 Å². The normalized spacial score (nSPS) is 20.7. The second kappa shape index (κ2) is 3.11. The molecule has 1 atom stereocenters. The van der Waals surface area contributed by atoms with Crippen molar-refractivity contribution in [2.75, 3.05) is 13.2 Å². The van der Waals surface area contributed by atoms with Crippen LogP contribution in [0.15, 0.2) is 0 Å². The molecule has 1 aliphatic rings. The number of rotatable bonds is 2. The van der Waals surface area contributed by atoms with Crippen molar-refractivity contribution in [2.24, 2.45) is 5.92 Å². The van der Waals surface area contributed by atoms with Gasteiger partial charge in [-0.2, -0.15) is 0 Å². The highest BCUT2D eigenvalue weighted by Crippen LogP contribution is 2.14. The molecule has 1 heterocycles. The van der Waals surface area contributed by atoms with E-state index in [1.54, 1.807) is 4.90 Å². The average Bonchev–Trinajstić information content (AvgIpc) is 2.33. The minimum Gasteiger partial charge on any atom is -0.448 e. The average molecular weight is 157 g/mol. The molecule has 1 fully saturated rings. The molecule has 1 rings (SSSR count). The lowest BCUT2D eigenvalue weighted by Gasteiger charge is -2.24. The van der Waals surface area contributed by atoms with Gasteiger partial charge in [-0.05, 0) is 12.8 Å². The lowest BCUT2D eigenvalue weighted by Crippen LogP contribution is -2.37. The van der Waals surface area contributed by atoms with E-state index in [0.29, 0.717) is 18.6 Å². The Kier molecular flexibility index (Phi) is 2.37. The summed E-state index contributed by atoms with van der Waals surface area (Å²) in [6.07, 6.45) is -0.161. The lowest BCUT2D eigenvalue weighted by molar-refractivity contribution is 0.142. The van der Waals surface area contributed by atoms with Gasteiger partial charge in [0.25, 0.3) is 0 Å². The molecule has 0 aromatic heterocycles. The van der Waals surface area contributed by atoms with E-state index < -0.39 is 0 Å². The van der Waals surface area contributed by atoms with E-state index in [4.69, 9.17) is 4.74 Å². The number of carbonyl (C=O) groups excluding carboxylic acids is 1. The molecule has 1 amide bonds. The molecular weight excluding hydrogens is 142 g/mol. The summed E-state index contributed by atoms with van der Waals surface area (Å²) in [5, 5.41) is 0. The van der Waals surface area contributed by atoms with Crippen LogP contribution < -0.4 is 0 Å². The molecule has 0 aliphatic carbocycles. The van der Waals surface area contributed by atoms with Gasteiger partial charge in [0, 0.05) is 6.04 Å². The summed E-state index contributed by atoms with van der Waals surface area (Å²) in [6, 6.07) is 0.296. The third-order valence-corrected chi connectivity index (χ3v) is 2.25. The van der Waals surface area contributed by atoms with Gasteiger partial charge in [0.1, 0.15) is 6.61 Å². The highest BCUT2D eigenvalue weighted by atomic mass is 16.6. The van der Waals surface area contributed by atoms with Crippen LogP contribution in [0.1, 0.15) is 20.8 Å². The molecule has 0 N–H and O–H groups in total. The van der Waals surface area contributed by atoms with E-state index in [2.05, 4.69) is 20.8 Å². The van der Waals surface area contributed by atoms with Crippen LogP contribution in [0, 0.1) is 5.92 Å². The fourth-order valence-electron chi connectivity index (χ4n) is 1.14. The van der Waals surface area contributed by atoms with Crippen LogP contribution in [0.2, 0.25) is 0 Å². The molecule has 64 valence electrons. The Morgan fingerprint density at radius 2 is 2.09 bits per heavy atom. The van der Waals surface area contributed by atoms with Gasteiger partial charge in [-0.1, -0.05) is 13.8 Å². The van der Waals surface area contributed by atoms with E-state index in [9.17, 15) is 4.79 Å². The summed E-state index contributed by atoms with van der Waals surface area (Å²) in [6.45, 7) is 7.57. The molecule has 0 aromatic rings. The first-order valence-electron chi connectivity index (χ1n) is 4.06. The number of nitrogens with zero attached hydrogens (tertiary/aromatic N) is 1. The first-order chi connectivity index (χ1) is 5.13. The summed E-state index contributed by atoms with van der Waals surface area (Å²) in [5.74, 6) is 0.501. The first-order valence-corrected chi connectivity index (χ1v) is 4.06. The Morgan fingerprint density at radius 1 is 1.45 bits per heavy atom. The van der Waals surface area contributed by atoms with Gasteiger partial charge in [-0.15, -0.1) is 0 Å². The van der Waals surface area contributed by atoms with Crippen LogP contribution in [-0.4, -0.2) is 30.2 Å². The fraction of sp³-hybridized carbons (Fsp3) is 0.875. The van der Waals surface area contributed by atoms with Crippen LogP contribution in [0.25, 0.3) is 0 Å². The van der Waals surface area contributed by atoms with Crippen molar-refractivity contribution in [1.82, 2.24) is 4.90 Å². The third kappa shape index (κ3) is 1.64. The largest absolute Gasteiger partial charge is 0.448 e. The topological polar surface area (TPSA) is 29.5 Å². The van der Waals surface area contributed by atoms with E-state index in [-0.39, 0.29) is 6.09 Å². The zero-order chi connectivity index (χ0) is 8.43. The smallest absolute Gasteiger partial charge is 0.410 e. The highest BCUT2D eigenvalue weighted by Gasteiger charge is 2.28. The van der Waals surface area contributed by atoms with Gasteiger partial charge in [-0.3, -0.25) is 0 Å². The molecule has 1 aliphatic heterocycles. The summed E-state index contributed by atoms with van der Waals surface area (Å²) in [7, 11) is 0. The predicted octanol–water partition coefficient (Wildman–Crippen LogP) is 1.48. The first kappa shape index (κ1) is 8.37. The molecule has 0 radical (unpaired) electrons. The molecule has 0 bridgehead atoms. The number of hydrogen-bond acceptors (Lipinski definition) is 2. The van der Waals surface area contributed by atoms with Gasteiger partial charge in [0.15, 0.2) is 0 Å². The van der Waals surface area contributed by atoms with Crippen molar-refractivity contribution in [1.29, 1.82) is 0 Å². The molecule has 0 spiro atoms. The van der Waals surface area contributed by atoms with E-state index in [1.165, 1.54) is 0 Å². The Balaban J connectivity index is 2.52. The van der Waals surface area contributed by atoms with E-state index in [0.717, 1.165) is 6.54 Å². The molecule has 11 heavy (non-hydrogen) atoms. The summed E-state index contributed by atoms with van der Waals surface area (Å²) >= 11 is 0. The molecule has 1 saturated heterocycles. The lowest BCUT2D eigenvalue weighted by atomic mass is 10.1. The van der Waals surface area contributed by atoms with Crippen molar-refractivity contribution in [2.45, 2.75) is 26.8 Å². The zero-order valence-corrected chi connectivity index (χ0v) is 7.33. The monoisotopic (exact) mass is 157 g/mol. The second-order valence-electron chi connectivity index (χ2n) is 3.29. The predicted molar refractivity (Wildman–Crippen MR) is 42.4 cm³/mol. The van der Waals surface area contributed by atoms with Gasteiger partial charge >= 0.3 is 6.09 Å². The molecule has 3 nitrogen and oxygen atoms in total. The minimum atomic E-state index is -0.161. The Labute approximate surface area is 67.3 Å². The van der Waals surface area contributed by atoms with Crippen LogP contribution >= 0.6 is 0 Å². The number of cyclic esters (lactones) is 1. The maximum absolute atomic E-state index is 11.0. The number of amides is 1. The van der Waals surface area contributed by atoms with Gasteiger partial charge in [0.05, 0.1) is 6.54 Å². The van der Waals surface area contributed by atoms with E-state index in [1.807, 2.05) is 0 Å². The minimum absolute atomic E-state index is 0.161. The Bertz CT molecular complexity index is 156. The summed E-state index contributed by atoms with van der Waals surface area (Å²) in [5.41, 5.74) is 0. The quantitative estimate of drug-likeness (QED) is 0.607. The fourth-order valence-corrected chi connectivity index (χ4v) is 1.14. The molecule has 1 unspecified atom stereocenters.